The van der Waals surface area contributed by atoms with E-state index in [1.54, 1.807) is 13.8 Å². The maximum atomic E-state index is 12.3. The standard InChI is InChI=1S/C12H16F3NO3S/c1-3-9(4-2)16-20(17,18)11-8-6-5-7-10(11)19-12(13,14)15/h5-9,16H,3-4H2,1-2H3. The number of hydrogen-bond donors (Lipinski definition) is 1. The smallest absolute Gasteiger partial charge is 0.404 e. The molecule has 1 rings (SSSR count). The maximum Gasteiger partial charge on any atom is 0.573 e. The van der Waals surface area contributed by atoms with Gasteiger partial charge in [0.15, 0.2) is 0 Å². The molecule has 1 aromatic rings. The molecular weight excluding hydrogens is 295 g/mol. The Hall–Kier alpha value is -1.28. The molecule has 0 saturated heterocycles. The summed E-state index contributed by atoms with van der Waals surface area (Å²) in [6.07, 6.45) is -3.86. The van der Waals surface area contributed by atoms with E-state index in [2.05, 4.69) is 9.46 Å². The number of sulfonamides is 1. The minimum atomic E-state index is -4.94. The van der Waals surface area contributed by atoms with Gasteiger partial charge in [0.25, 0.3) is 0 Å². The maximum absolute atomic E-state index is 12.3. The molecule has 4 nitrogen and oxygen atoms in total. The Bertz CT molecular complexity index is 539. The molecule has 8 heteroatoms. The Kier molecular flexibility index (Phi) is 5.41. The number of ether oxygens (including phenoxy) is 1. The van der Waals surface area contributed by atoms with Crippen LogP contribution in [0.15, 0.2) is 29.2 Å². The summed E-state index contributed by atoms with van der Waals surface area (Å²) in [7, 11) is -4.06. The first-order valence-corrected chi connectivity index (χ1v) is 7.55. The monoisotopic (exact) mass is 311 g/mol. The Morgan fingerprint density at radius 1 is 1.20 bits per heavy atom. The third-order valence-electron chi connectivity index (χ3n) is 2.67. The Labute approximate surface area is 116 Å². The summed E-state index contributed by atoms with van der Waals surface area (Å²) >= 11 is 0. The van der Waals surface area contributed by atoms with Gasteiger partial charge in [0.2, 0.25) is 10.0 Å². The van der Waals surface area contributed by atoms with E-state index in [9.17, 15) is 21.6 Å². The minimum absolute atomic E-state index is 0.334. The first-order valence-electron chi connectivity index (χ1n) is 6.06. The second-order valence-corrected chi connectivity index (χ2v) is 5.81. The lowest BCUT2D eigenvalue weighted by molar-refractivity contribution is -0.275. The van der Waals surface area contributed by atoms with Crippen molar-refractivity contribution < 1.29 is 26.3 Å². The molecule has 0 aliphatic carbocycles. The molecule has 0 spiro atoms. The molecule has 1 aromatic carbocycles. The van der Waals surface area contributed by atoms with Crippen LogP contribution in [0.4, 0.5) is 13.2 Å². The van der Waals surface area contributed by atoms with Gasteiger partial charge in [-0.1, -0.05) is 26.0 Å². The van der Waals surface area contributed by atoms with Crippen molar-refractivity contribution in [1.29, 1.82) is 0 Å². The van der Waals surface area contributed by atoms with Gasteiger partial charge in [-0.05, 0) is 25.0 Å². The van der Waals surface area contributed by atoms with Gasteiger partial charge in [0, 0.05) is 6.04 Å². The lowest BCUT2D eigenvalue weighted by atomic mass is 10.2. The predicted molar refractivity (Wildman–Crippen MR) is 67.8 cm³/mol. The Morgan fingerprint density at radius 2 is 1.75 bits per heavy atom. The van der Waals surface area contributed by atoms with Crippen LogP contribution in [0.5, 0.6) is 5.75 Å². The number of alkyl halides is 3. The molecule has 0 saturated carbocycles. The van der Waals surface area contributed by atoms with Gasteiger partial charge in [-0.3, -0.25) is 0 Å². The summed E-state index contributed by atoms with van der Waals surface area (Å²) in [4.78, 5) is -0.524. The second kappa shape index (κ2) is 6.45. The first kappa shape index (κ1) is 16.8. The van der Waals surface area contributed by atoms with Crippen molar-refractivity contribution >= 4 is 10.0 Å². The fourth-order valence-corrected chi connectivity index (χ4v) is 3.15. The van der Waals surface area contributed by atoms with E-state index >= 15 is 0 Å². The topological polar surface area (TPSA) is 55.4 Å². The molecule has 114 valence electrons. The molecule has 0 bridgehead atoms. The highest BCUT2D eigenvalue weighted by Gasteiger charge is 2.34. The quantitative estimate of drug-likeness (QED) is 0.878. The highest BCUT2D eigenvalue weighted by atomic mass is 32.2. The molecule has 0 amide bonds. The number of nitrogens with one attached hydrogen (secondary N) is 1. The van der Waals surface area contributed by atoms with Gasteiger partial charge in [-0.15, -0.1) is 13.2 Å². The van der Waals surface area contributed by atoms with E-state index in [1.165, 1.54) is 12.1 Å². The predicted octanol–water partition coefficient (Wildman–Crippen LogP) is 3.05. The van der Waals surface area contributed by atoms with E-state index in [-0.39, 0.29) is 6.04 Å². The van der Waals surface area contributed by atoms with Gasteiger partial charge < -0.3 is 4.74 Å². The molecule has 0 radical (unpaired) electrons. The van der Waals surface area contributed by atoms with Crippen LogP contribution in [0.3, 0.4) is 0 Å². The van der Waals surface area contributed by atoms with Crippen molar-refractivity contribution in [2.24, 2.45) is 0 Å². The van der Waals surface area contributed by atoms with E-state index in [0.717, 1.165) is 12.1 Å². The highest BCUT2D eigenvalue weighted by molar-refractivity contribution is 7.89. The van der Waals surface area contributed by atoms with Gasteiger partial charge in [-0.2, -0.15) is 0 Å². The zero-order valence-corrected chi connectivity index (χ0v) is 11.9. The largest absolute Gasteiger partial charge is 0.573 e. The molecule has 0 aliphatic heterocycles. The Balaban J connectivity index is 3.12. The van der Waals surface area contributed by atoms with Crippen LogP contribution in [0, 0.1) is 0 Å². The molecule has 0 unspecified atom stereocenters. The fraction of sp³-hybridized carbons (Fsp3) is 0.500. The summed E-state index contributed by atoms with van der Waals surface area (Å²) in [6.45, 7) is 3.57. The van der Waals surface area contributed by atoms with E-state index in [1.807, 2.05) is 0 Å². The Morgan fingerprint density at radius 3 is 2.25 bits per heavy atom. The number of halogens is 3. The molecule has 0 aromatic heterocycles. The van der Waals surface area contributed by atoms with Gasteiger partial charge in [0.05, 0.1) is 0 Å². The molecular formula is C12H16F3NO3S. The van der Waals surface area contributed by atoms with Gasteiger partial charge in [0.1, 0.15) is 10.6 Å². The van der Waals surface area contributed by atoms with Gasteiger partial charge in [-0.25, -0.2) is 13.1 Å². The van der Waals surface area contributed by atoms with Crippen LogP contribution in [-0.2, 0) is 10.0 Å². The third kappa shape index (κ3) is 4.68. The number of hydrogen-bond acceptors (Lipinski definition) is 3. The summed E-state index contributed by atoms with van der Waals surface area (Å²) < 4.78 is 67.1. The molecule has 0 aliphatic rings. The number of para-hydroxylation sites is 1. The average molecular weight is 311 g/mol. The number of benzene rings is 1. The minimum Gasteiger partial charge on any atom is -0.404 e. The molecule has 0 atom stereocenters. The van der Waals surface area contributed by atoms with Crippen LogP contribution in [-0.4, -0.2) is 20.8 Å². The van der Waals surface area contributed by atoms with E-state index < -0.39 is 27.0 Å². The van der Waals surface area contributed by atoms with Crippen molar-refractivity contribution in [2.45, 2.75) is 44.0 Å². The summed E-state index contributed by atoms with van der Waals surface area (Å²) in [5.41, 5.74) is 0. The highest BCUT2D eigenvalue weighted by Crippen LogP contribution is 2.29. The van der Waals surface area contributed by atoms with Gasteiger partial charge >= 0.3 is 6.36 Å². The summed E-state index contributed by atoms with van der Waals surface area (Å²) in [5.74, 6) is -0.738. The normalized spacial score (nSPS) is 12.7. The third-order valence-corrected chi connectivity index (χ3v) is 4.23. The number of rotatable bonds is 6. The lowest BCUT2D eigenvalue weighted by Gasteiger charge is -2.17. The molecule has 1 N–H and O–H groups in total. The summed E-state index contributed by atoms with van der Waals surface area (Å²) in [5, 5.41) is 0. The van der Waals surface area contributed by atoms with Crippen molar-refractivity contribution in [3.05, 3.63) is 24.3 Å². The van der Waals surface area contributed by atoms with Crippen molar-refractivity contribution in [3.63, 3.8) is 0 Å². The first-order chi connectivity index (χ1) is 9.19. The zero-order valence-electron chi connectivity index (χ0n) is 11.1. The van der Waals surface area contributed by atoms with Crippen LogP contribution >= 0.6 is 0 Å². The zero-order chi connectivity index (χ0) is 15.4. The van der Waals surface area contributed by atoms with Crippen molar-refractivity contribution in [3.8, 4) is 5.75 Å². The SMILES string of the molecule is CCC(CC)NS(=O)(=O)c1ccccc1OC(F)(F)F. The molecule has 20 heavy (non-hydrogen) atoms. The van der Waals surface area contributed by atoms with Crippen molar-refractivity contribution in [1.82, 2.24) is 4.72 Å². The van der Waals surface area contributed by atoms with Crippen LogP contribution in [0.2, 0.25) is 0 Å². The van der Waals surface area contributed by atoms with E-state index in [0.29, 0.717) is 12.8 Å². The average Bonchev–Trinajstić information content (AvgIpc) is 2.34. The van der Waals surface area contributed by atoms with Crippen molar-refractivity contribution in [2.75, 3.05) is 0 Å². The second-order valence-electron chi connectivity index (χ2n) is 4.13. The fourth-order valence-electron chi connectivity index (χ4n) is 1.62. The van der Waals surface area contributed by atoms with E-state index in [4.69, 9.17) is 0 Å². The van der Waals surface area contributed by atoms with Crippen LogP contribution < -0.4 is 9.46 Å². The lowest BCUT2D eigenvalue weighted by Crippen LogP contribution is -2.34. The molecule has 0 fully saturated rings. The van der Waals surface area contributed by atoms with Crippen LogP contribution in [0.1, 0.15) is 26.7 Å². The molecule has 0 heterocycles. The van der Waals surface area contributed by atoms with Crippen LogP contribution in [0.25, 0.3) is 0 Å². The summed E-state index contributed by atoms with van der Waals surface area (Å²) in [6, 6.07) is 4.32.